The van der Waals surface area contributed by atoms with Gasteiger partial charge >= 0.3 is 0 Å². The molecule has 0 atom stereocenters. The fourth-order valence-corrected chi connectivity index (χ4v) is 1.15. The van der Waals surface area contributed by atoms with Crippen LogP contribution in [0.2, 0.25) is 0 Å². The lowest BCUT2D eigenvalue weighted by Gasteiger charge is -2.09. The molecule has 50 valence electrons. The Morgan fingerprint density at radius 1 is 1.12 bits per heavy atom. The minimum atomic E-state index is 0.611. The van der Waals surface area contributed by atoms with Crippen LogP contribution in [0.25, 0.3) is 0 Å². The summed E-state index contributed by atoms with van der Waals surface area (Å²) in [5.74, 6) is 1.22. The van der Waals surface area contributed by atoms with E-state index in [0.717, 1.165) is 13.1 Å². The summed E-state index contributed by atoms with van der Waals surface area (Å²) < 4.78 is 1.79. The van der Waals surface area contributed by atoms with Gasteiger partial charge in [0.15, 0.2) is 0 Å². The summed E-state index contributed by atoms with van der Waals surface area (Å²) in [6.45, 7) is 1.58. The molecule has 1 nitrogen and oxygen atoms in total. The predicted octanol–water partition coefficient (Wildman–Crippen LogP) is 1.61. The minimum absolute atomic E-state index is 0.611. The molecule has 0 heterocycles. The molecule has 0 aromatic carbocycles. The molecule has 4 heteroatoms. The molecular formula is C4H9Cl2NS. The van der Waals surface area contributed by atoms with E-state index >= 15 is 0 Å². The van der Waals surface area contributed by atoms with Gasteiger partial charge < -0.3 is 0 Å². The third-order valence-electron chi connectivity index (χ3n) is 0.685. The Labute approximate surface area is 65.5 Å². The van der Waals surface area contributed by atoms with Crippen LogP contribution in [-0.2, 0) is 0 Å². The molecule has 0 fully saturated rings. The highest BCUT2D eigenvalue weighted by Gasteiger charge is 1.93. The molecule has 0 aromatic heterocycles. The lowest BCUT2D eigenvalue weighted by atomic mass is 10.7. The Hall–Kier alpha value is 0.890. The molecule has 0 rings (SSSR count). The van der Waals surface area contributed by atoms with Gasteiger partial charge in [-0.05, 0) is 0 Å². The van der Waals surface area contributed by atoms with E-state index in [0.29, 0.717) is 11.8 Å². The number of halogens is 2. The van der Waals surface area contributed by atoms with Crippen LogP contribution >= 0.6 is 36.0 Å². The quantitative estimate of drug-likeness (QED) is 0.500. The Morgan fingerprint density at radius 2 is 1.50 bits per heavy atom. The van der Waals surface area contributed by atoms with E-state index in [4.69, 9.17) is 23.2 Å². The van der Waals surface area contributed by atoms with Gasteiger partial charge in [-0.1, -0.05) is 12.8 Å². The van der Waals surface area contributed by atoms with Crippen molar-refractivity contribution in [3.05, 3.63) is 0 Å². The summed E-state index contributed by atoms with van der Waals surface area (Å²) in [6, 6.07) is 0. The van der Waals surface area contributed by atoms with Gasteiger partial charge in [-0.25, -0.2) is 0 Å². The molecule has 0 bridgehead atoms. The van der Waals surface area contributed by atoms with Crippen molar-refractivity contribution in [1.29, 1.82) is 0 Å². The first-order valence-corrected chi connectivity index (χ1v) is 3.84. The fourth-order valence-electron chi connectivity index (χ4n) is 0.307. The maximum absolute atomic E-state index is 5.40. The fraction of sp³-hybridized carbons (Fsp3) is 1.00. The first-order valence-electron chi connectivity index (χ1n) is 2.37. The van der Waals surface area contributed by atoms with Crippen LogP contribution < -0.4 is 0 Å². The lowest BCUT2D eigenvalue weighted by molar-refractivity contribution is 0.537. The first-order chi connectivity index (χ1) is 3.81. The number of rotatable bonds is 4. The first kappa shape index (κ1) is 8.89. The summed E-state index contributed by atoms with van der Waals surface area (Å²) >= 11 is 14.9. The highest BCUT2D eigenvalue weighted by molar-refractivity contribution is 7.77. The molecule has 0 amide bonds. The largest absolute Gasteiger partial charge is 0.251 e. The molecular weight excluding hydrogens is 165 g/mol. The topological polar surface area (TPSA) is 3.24 Å². The maximum Gasteiger partial charge on any atom is 0.0360 e. The second kappa shape index (κ2) is 6.02. The number of hydrogen-bond donors (Lipinski definition) is 1. The van der Waals surface area contributed by atoms with E-state index in [1.165, 1.54) is 0 Å². The number of alkyl halides is 2. The van der Waals surface area contributed by atoms with Gasteiger partial charge in [0.25, 0.3) is 0 Å². The monoisotopic (exact) mass is 173 g/mol. The van der Waals surface area contributed by atoms with Gasteiger partial charge in [-0.3, -0.25) is 4.31 Å². The van der Waals surface area contributed by atoms with Crippen molar-refractivity contribution in [2.24, 2.45) is 0 Å². The Bertz CT molecular complexity index is 47.3. The molecule has 0 saturated heterocycles. The van der Waals surface area contributed by atoms with E-state index in [2.05, 4.69) is 12.8 Å². The zero-order chi connectivity index (χ0) is 6.41. The van der Waals surface area contributed by atoms with E-state index < -0.39 is 0 Å². The molecule has 0 radical (unpaired) electrons. The van der Waals surface area contributed by atoms with Crippen molar-refractivity contribution in [2.75, 3.05) is 24.8 Å². The van der Waals surface area contributed by atoms with E-state index in [9.17, 15) is 0 Å². The highest BCUT2D eigenvalue weighted by Crippen LogP contribution is 1.93. The van der Waals surface area contributed by atoms with Crippen molar-refractivity contribution in [3.63, 3.8) is 0 Å². The summed E-state index contributed by atoms with van der Waals surface area (Å²) in [5.41, 5.74) is 0. The lowest BCUT2D eigenvalue weighted by Crippen LogP contribution is -2.16. The Morgan fingerprint density at radius 3 is 1.75 bits per heavy atom. The van der Waals surface area contributed by atoms with E-state index in [1.54, 1.807) is 4.31 Å². The minimum Gasteiger partial charge on any atom is -0.251 e. The summed E-state index contributed by atoms with van der Waals surface area (Å²) in [6.07, 6.45) is 0. The Balaban J connectivity index is 2.92. The van der Waals surface area contributed by atoms with Crippen LogP contribution in [-0.4, -0.2) is 29.2 Å². The molecule has 0 aliphatic heterocycles. The van der Waals surface area contributed by atoms with Crippen molar-refractivity contribution >= 4 is 36.0 Å². The number of thiol groups is 1. The van der Waals surface area contributed by atoms with Gasteiger partial charge in [0.1, 0.15) is 0 Å². The normalized spacial score (nSPS) is 10.5. The van der Waals surface area contributed by atoms with E-state index in [-0.39, 0.29) is 0 Å². The van der Waals surface area contributed by atoms with Gasteiger partial charge in [-0.2, -0.15) is 0 Å². The molecule has 0 aromatic rings. The van der Waals surface area contributed by atoms with Gasteiger partial charge in [-0.15, -0.1) is 23.2 Å². The molecule has 8 heavy (non-hydrogen) atoms. The zero-order valence-corrected chi connectivity index (χ0v) is 6.89. The smallest absolute Gasteiger partial charge is 0.0360 e. The second-order valence-electron chi connectivity index (χ2n) is 1.33. The Kier molecular flexibility index (Phi) is 6.69. The maximum atomic E-state index is 5.40. The van der Waals surface area contributed by atoms with Crippen molar-refractivity contribution in [3.8, 4) is 0 Å². The molecule has 0 N–H and O–H groups in total. The average molecular weight is 174 g/mol. The predicted molar refractivity (Wildman–Crippen MR) is 42.0 cm³/mol. The number of nitrogens with zero attached hydrogens (tertiary/aromatic N) is 1. The van der Waals surface area contributed by atoms with Crippen LogP contribution in [0.3, 0.4) is 0 Å². The SMILES string of the molecule is SN(CCCl)CCCl. The molecule has 0 spiro atoms. The van der Waals surface area contributed by atoms with Crippen LogP contribution in [0.4, 0.5) is 0 Å². The molecule has 0 unspecified atom stereocenters. The summed E-state index contributed by atoms with van der Waals surface area (Å²) in [5, 5.41) is 0. The molecule has 0 aliphatic carbocycles. The highest BCUT2D eigenvalue weighted by atomic mass is 35.5. The van der Waals surface area contributed by atoms with Gasteiger partial charge in [0.2, 0.25) is 0 Å². The van der Waals surface area contributed by atoms with Crippen LogP contribution in [0.15, 0.2) is 0 Å². The molecule has 0 aliphatic rings. The second-order valence-corrected chi connectivity index (χ2v) is 2.65. The van der Waals surface area contributed by atoms with Crippen LogP contribution in [0, 0.1) is 0 Å². The third kappa shape index (κ3) is 5.04. The van der Waals surface area contributed by atoms with E-state index in [1.807, 2.05) is 0 Å². The van der Waals surface area contributed by atoms with Crippen LogP contribution in [0.1, 0.15) is 0 Å². The summed E-state index contributed by atoms with van der Waals surface area (Å²) in [4.78, 5) is 0. The van der Waals surface area contributed by atoms with Gasteiger partial charge in [0, 0.05) is 24.8 Å². The van der Waals surface area contributed by atoms with Crippen LogP contribution in [0.5, 0.6) is 0 Å². The standard InChI is InChI=1S/C4H9Cl2NS/c5-1-3-7(8)4-2-6/h8H,1-4H2. The third-order valence-corrected chi connectivity index (χ3v) is 1.42. The van der Waals surface area contributed by atoms with Gasteiger partial charge in [0.05, 0.1) is 0 Å². The zero-order valence-electron chi connectivity index (χ0n) is 4.48. The summed E-state index contributed by atoms with van der Waals surface area (Å²) in [7, 11) is 0. The average Bonchev–Trinajstić information content (AvgIpc) is 1.68. The van der Waals surface area contributed by atoms with Crippen molar-refractivity contribution in [1.82, 2.24) is 4.31 Å². The van der Waals surface area contributed by atoms with Crippen molar-refractivity contribution < 1.29 is 0 Å². The molecule has 0 saturated carbocycles. The number of hydrogen-bond acceptors (Lipinski definition) is 2. The van der Waals surface area contributed by atoms with Crippen molar-refractivity contribution in [2.45, 2.75) is 0 Å².